The van der Waals surface area contributed by atoms with Crippen molar-refractivity contribution in [1.29, 1.82) is 0 Å². The molecule has 0 unspecified atom stereocenters. The lowest BCUT2D eigenvalue weighted by Gasteiger charge is -2.01. The lowest BCUT2D eigenvalue weighted by molar-refractivity contribution is 0.0850. The zero-order valence-electron chi connectivity index (χ0n) is 5.39. The third-order valence-corrected chi connectivity index (χ3v) is 1.64. The number of rotatable bonds is 3. The van der Waals surface area contributed by atoms with Crippen LogP contribution in [0.5, 0.6) is 0 Å². The summed E-state index contributed by atoms with van der Waals surface area (Å²) in [5, 5.41) is 0. The van der Waals surface area contributed by atoms with Gasteiger partial charge in [0, 0.05) is 5.92 Å². The molecule has 1 rings (SSSR count). The van der Waals surface area contributed by atoms with E-state index in [0.717, 1.165) is 12.8 Å². The quantitative estimate of drug-likeness (QED) is 0.414. The highest BCUT2D eigenvalue weighted by Crippen LogP contribution is 2.26. The van der Waals surface area contributed by atoms with E-state index in [1.165, 1.54) is 0 Å². The summed E-state index contributed by atoms with van der Waals surface area (Å²) in [6, 6.07) is 0. The Morgan fingerprint density at radius 3 is 1.88 bits per heavy atom. The molecule has 2 heteroatoms. The van der Waals surface area contributed by atoms with Crippen LogP contribution in [0.25, 0.3) is 0 Å². The molecule has 0 bridgehead atoms. The van der Waals surface area contributed by atoms with Gasteiger partial charge in [0.05, 0.1) is 0 Å². The Morgan fingerprint density at radius 2 is 1.75 bits per heavy atom. The van der Waals surface area contributed by atoms with Gasteiger partial charge in [0.1, 0.15) is 0 Å². The van der Waals surface area contributed by atoms with E-state index < -0.39 is 0 Å². The Balaban J connectivity index is 2.15. The van der Waals surface area contributed by atoms with E-state index in [4.69, 9.17) is 0 Å². The molecular weight excluding hydrogens is 104 g/mol. The summed E-state index contributed by atoms with van der Waals surface area (Å²) in [5.41, 5.74) is 0. The fraction of sp³-hybridized carbons (Fsp3) is 1.00. The van der Waals surface area contributed by atoms with Gasteiger partial charge < -0.3 is 0 Å². The van der Waals surface area contributed by atoms with E-state index in [0.29, 0.717) is 5.92 Å². The first-order valence-corrected chi connectivity index (χ1v) is 3.20. The van der Waals surface area contributed by atoms with E-state index >= 15 is 0 Å². The van der Waals surface area contributed by atoms with Gasteiger partial charge in [-0.15, -0.1) is 0 Å². The topological polar surface area (TPSA) is 25.1 Å². The molecule has 1 fully saturated rings. The lowest BCUT2D eigenvalue weighted by Crippen LogP contribution is -2.03. The summed E-state index contributed by atoms with van der Waals surface area (Å²) in [7, 11) is 0. The minimum absolute atomic E-state index is 0.130. The first-order valence-electron chi connectivity index (χ1n) is 3.20. The second-order valence-electron chi connectivity index (χ2n) is 2.14. The molecule has 0 aliphatic carbocycles. The second kappa shape index (κ2) is 2.46. The summed E-state index contributed by atoms with van der Waals surface area (Å²) >= 11 is 0. The van der Waals surface area contributed by atoms with Crippen molar-refractivity contribution >= 4 is 0 Å². The molecule has 0 radical (unpaired) electrons. The summed E-state index contributed by atoms with van der Waals surface area (Å²) in [6.45, 7) is 4.30. The predicted octanol–water partition coefficient (Wildman–Crippen LogP) is 1.71. The average molecular weight is 116 g/mol. The van der Waals surface area contributed by atoms with E-state index in [1.54, 1.807) is 0 Å². The molecule has 0 saturated carbocycles. The Hall–Kier alpha value is -0.0800. The molecular formula is C6H12O2. The summed E-state index contributed by atoms with van der Waals surface area (Å²) in [5.74, 6) is 0.620. The molecule has 1 saturated heterocycles. The van der Waals surface area contributed by atoms with Gasteiger partial charge in [0.2, 0.25) is 6.29 Å². The lowest BCUT2D eigenvalue weighted by atomic mass is 10.0. The number of hydrogen-bond donors (Lipinski definition) is 0. The third-order valence-electron chi connectivity index (χ3n) is 1.64. The van der Waals surface area contributed by atoms with Crippen LogP contribution < -0.4 is 0 Å². The normalized spacial score (nSPS) is 19.9. The number of hydrogen-bond acceptors (Lipinski definition) is 2. The van der Waals surface area contributed by atoms with Crippen LogP contribution in [0.1, 0.15) is 26.7 Å². The second-order valence-corrected chi connectivity index (χ2v) is 2.14. The molecule has 0 N–H and O–H groups in total. The SMILES string of the molecule is CCC(CC)C1OO1. The highest BCUT2D eigenvalue weighted by molar-refractivity contribution is 4.60. The molecule has 0 aromatic heterocycles. The zero-order valence-corrected chi connectivity index (χ0v) is 5.39. The zero-order chi connectivity index (χ0) is 5.98. The Bertz CT molecular complexity index is 64.9. The maximum absolute atomic E-state index is 4.65. The molecule has 0 atom stereocenters. The van der Waals surface area contributed by atoms with E-state index in [-0.39, 0.29) is 6.29 Å². The van der Waals surface area contributed by atoms with Crippen molar-refractivity contribution < 1.29 is 9.78 Å². The first-order chi connectivity index (χ1) is 3.88. The molecule has 8 heavy (non-hydrogen) atoms. The molecule has 2 nitrogen and oxygen atoms in total. The van der Waals surface area contributed by atoms with Crippen LogP contribution in [0.4, 0.5) is 0 Å². The van der Waals surface area contributed by atoms with Gasteiger partial charge in [-0.3, -0.25) is 0 Å². The van der Waals surface area contributed by atoms with Gasteiger partial charge in [0.25, 0.3) is 0 Å². The fourth-order valence-electron chi connectivity index (χ4n) is 0.863. The summed E-state index contributed by atoms with van der Waals surface area (Å²) < 4.78 is 0. The average Bonchev–Trinajstić information content (AvgIpc) is 2.53. The summed E-state index contributed by atoms with van der Waals surface area (Å²) in [4.78, 5) is 9.30. The van der Waals surface area contributed by atoms with E-state index in [1.807, 2.05) is 0 Å². The largest absolute Gasteiger partial charge is 0.227 e. The van der Waals surface area contributed by atoms with Crippen LogP contribution in [0.2, 0.25) is 0 Å². The monoisotopic (exact) mass is 116 g/mol. The molecule has 1 heterocycles. The van der Waals surface area contributed by atoms with Gasteiger partial charge >= 0.3 is 0 Å². The molecule has 0 spiro atoms. The molecule has 0 aromatic rings. The predicted molar refractivity (Wildman–Crippen MR) is 30.0 cm³/mol. The fourth-order valence-corrected chi connectivity index (χ4v) is 0.863. The van der Waals surface area contributed by atoms with Gasteiger partial charge in [-0.25, -0.2) is 0 Å². The van der Waals surface area contributed by atoms with Crippen LogP contribution in [0.3, 0.4) is 0 Å². The minimum Gasteiger partial charge on any atom is -0.198 e. The Kier molecular flexibility index (Phi) is 1.86. The minimum atomic E-state index is 0.130. The van der Waals surface area contributed by atoms with Crippen LogP contribution in [-0.2, 0) is 9.78 Å². The Morgan fingerprint density at radius 1 is 1.25 bits per heavy atom. The van der Waals surface area contributed by atoms with Gasteiger partial charge in [0.15, 0.2) is 0 Å². The maximum atomic E-state index is 4.65. The van der Waals surface area contributed by atoms with Crippen LogP contribution >= 0.6 is 0 Å². The highest BCUT2D eigenvalue weighted by atomic mass is 17.4. The van der Waals surface area contributed by atoms with Crippen molar-refractivity contribution in [2.24, 2.45) is 5.92 Å². The maximum Gasteiger partial charge on any atom is 0.227 e. The molecule has 0 aromatic carbocycles. The van der Waals surface area contributed by atoms with E-state index in [9.17, 15) is 0 Å². The molecule has 1 aliphatic rings. The van der Waals surface area contributed by atoms with Gasteiger partial charge in [-0.05, 0) is 12.8 Å². The van der Waals surface area contributed by atoms with Crippen molar-refractivity contribution in [3.63, 3.8) is 0 Å². The smallest absolute Gasteiger partial charge is 0.198 e. The summed E-state index contributed by atoms with van der Waals surface area (Å²) in [6.07, 6.45) is 2.44. The van der Waals surface area contributed by atoms with Crippen molar-refractivity contribution in [3.05, 3.63) is 0 Å². The van der Waals surface area contributed by atoms with Crippen LogP contribution in [-0.4, -0.2) is 6.29 Å². The van der Waals surface area contributed by atoms with Crippen LogP contribution in [0.15, 0.2) is 0 Å². The standard InChI is InChI=1S/C6H12O2/c1-3-5(4-2)6-7-8-6/h5-6H,3-4H2,1-2H3. The van der Waals surface area contributed by atoms with Gasteiger partial charge in [-0.1, -0.05) is 13.8 Å². The van der Waals surface area contributed by atoms with Crippen LogP contribution in [0, 0.1) is 5.92 Å². The van der Waals surface area contributed by atoms with Gasteiger partial charge in [-0.2, -0.15) is 9.78 Å². The third kappa shape index (κ3) is 1.20. The molecule has 0 amide bonds. The van der Waals surface area contributed by atoms with Crippen molar-refractivity contribution in [2.45, 2.75) is 33.0 Å². The van der Waals surface area contributed by atoms with Crippen molar-refractivity contribution in [1.82, 2.24) is 0 Å². The Labute approximate surface area is 49.7 Å². The molecule has 1 aliphatic heterocycles. The molecule has 48 valence electrons. The first kappa shape index (κ1) is 6.05. The van der Waals surface area contributed by atoms with E-state index in [2.05, 4.69) is 23.6 Å². The van der Waals surface area contributed by atoms with Crippen molar-refractivity contribution in [3.8, 4) is 0 Å². The highest BCUT2D eigenvalue weighted by Gasteiger charge is 2.33. The van der Waals surface area contributed by atoms with Crippen molar-refractivity contribution in [2.75, 3.05) is 0 Å².